The average molecular weight is 381 g/mol. The van der Waals surface area contributed by atoms with Gasteiger partial charge in [-0.2, -0.15) is 0 Å². The van der Waals surface area contributed by atoms with Crippen molar-refractivity contribution in [2.75, 3.05) is 5.73 Å². The molecule has 2 N–H and O–H groups in total. The Hall–Kier alpha value is -1.33. The van der Waals surface area contributed by atoms with Crippen LogP contribution in [0.15, 0.2) is 45.3 Å². The molecule has 0 fully saturated rings. The second kappa shape index (κ2) is 4.65. The zero-order chi connectivity index (χ0) is 13.6. The summed E-state index contributed by atoms with van der Waals surface area (Å²) in [4.78, 5) is 4.42. The Labute approximate surface area is 127 Å². The Balaban J connectivity index is 2.36. The molecule has 0 bridgehead atoms. The van der Waals surface area contributed by atoms with Gasteiger partial charge in [0.05, 0.1) is 16.7 Å². The van der Waals surface area contributed by atoms with Crippen molar-refractivity contribution < 1.29 is 0 Å². The van der Waals surface area contributed by atoms with E-state index in [1.807, 2.05) is 28.8 Å². The van der Waals surface area contributed by atoms with Gasteiger partial charge in [-0.15, -0.1) is 0 Å². The van der Waals surface area contributed by atoms with Crippen LogP contribution in [0.2, 0.25) is 0 Å². The smallest absolute Gasteiger partial charge is 0.205 e. The number of hydrogen-bond acceptors (Lipinski definition) is 2. The quantitative estimate of drug-likeness (QED) is 0.678. The molecule has 19 heavy (non-hydrogen) atoms. The van der Waals surface area contributed by atoms with Gasteiger partial charge in [0, 0.05) is 8.95 Å². The molecule has 5 heteroatoms. The number of aryl methyl sites for hydroxylation is 1. The minimum atomic E-state index is 0.495. The number of imidazole rings is 1. The van der Waals surface area contributed by atoms with E-state index < -0.39 is 0 Å². The maximum Gasteiger partial charge on any atom is 0.205 e. The van der Waals surface area contributed by atoms with Gasteiger partial charge >= 0.3 is 0 Å². The predicted octanol–water partition coefficient (Wildman–Crippen LogP) is 4.44. The van der Waals surface area contributed by atoms with E-state index in [0.29, 0.717) is 5.95 Å². The van der Waals surface area contributed by atoms with Gasteiger partial charge in [-0.1, -0.05) is 37.9 Å². The van der Waals surface area contributed by atoms with Crippen LogP contribution in [0.1, 0.15) is 5.56 Å². The lowest BCUT2D eigenvalue weighted by Gasteiger charge is -2.10. The monoisotopic (exact) mass is 379 g/mol. The molecule has 0 saturated heterocycles. The van der Waals surface area contributed by atoms with Crippen LogP contribution in [0.3, 0.4) is 0 Å². The lowest BCUT2D eigenvalue weighted by molar-refractivity contribution is 1.09. The molecule has 1 aromatic heterocycles. The lowest BCUT2D eigenvalue weighted by Crippen LogP contribution is -2.02. The second-order valence-corrected chi connectivity index (χ2v) is 6.20. The largest absolute Gasteiger partial charge is 0.369 e. The van der Waals surface area contributed by atoms with Crippen LogP contribution in [0.25, 0.3) is 16.7 Å². The van der Waals surface area contributed by atoms with Crippen molar-refractivity contribution in [2.45, 2.75) is 6.92 Å². The summed E-state index contributed by atoms with van der Waals surface area (Å²) in [5.41, 5.74) is 10.1. The number of benzene rings is 2. The summed E-state index contributed by atoms with van der Waals surface area (Å²) in [6.45, 7) is 2.06. The Morgan fingerprint density at radius 3 is 2.53 bits per heavy atom. The van der Waals surface area contributed by atoms with E-state index in [1.165, 1.54) is 0 Å². The van der Waals surface area contributed by atoms with Crippen molar-refractivity contribution in [3.63, 3.8) is 0 Å². The van der Waals surface area contributed by atoms with Gasteiger partial charge in [0.15, 0.2) is 0 Å². The topological polar surface area (TPSA) is 43.8 Å². The van der Waals surface area contributed by atoms with E-state index in [9.17, 15) is 0 Å². The van der Waals surface area contributed by atoms with E-state index in [-0.39, 0.29) is 0 Å². The van der Waals surface area contributed by atoms with Crippen molar-refractivity contribution >= 4 is 48.8 Å². The highest BCUT2D eigenvalue weighted by atomic mass is 79.9. The maximum atomic E-state index is 6.08. The summed E-state index contributed by atoms with van der Waals surface area (Å²) in [5.74, 6) is 0.495. The Bertz CT molecular complexity index is 778. The van der Waals surface area contributed by atoms with Crippen molar-refractivity contribution in [3.05, 3.63) is 50.9 Å². The second-order valence-electron chi connectivity index (χ2n) is 4.37. The molecule has 0 aliphatic rings. The van der Waals surface area contributed by atoms with Crippen LogP contribution < -0.4 is 5.73 Å². The summed E-state index contributed by atoms with van der Waals surface area (Å²) in [6.07, 6.45) is 0. The molecule has 3 rings (SSSR count). The Kier molecular flexibility index (Phi) is 3.11. The summed E-state index contributed by atoms with van der Waals surface area (Å²) in [5, 5.41) is 0. The summed E-state index contributed by atoms with van der Waals surface area (Å²) in [6, 6.07) is 12.1. The highest BCUT2D eigenvalue weighted by Gasteiger charge is 2.12. The average Bonchev–Trinajstić information content (AvgIpc) is 2.67. The van der Waals surface area contributed by atoms with Crippen LogP contribution in [0, 0.1) is 6.92 Å². The van der Waals surface area contributed by atoms with Crippen LogP contribution >= 0.6 is 31.9 Å². The Morgan fingerprint density at radius 1 is 1.05 bits per heavy atom. The third kappa shape index (κ3) is 2.17. The van der Waals surface area contributed by atoms with Crippen molar-refractivity contribution in [1.82, 2.24) is 9.55 Å². The fraction of sp³-hybridized carbons (Fsp3) is 0.0714. The maximum absolute atomic E-state index is 6.08. The van der Waals surface area contributed by atoms with Gasteiger partial charge in [-0.3, -0.25) is 4.57 Å². The van der Waals surface area contributed by atoms with Crippen molar-refractivity contribution in [3.8, 4) is 5.69 Å². The van der Waals surface area contributed by atoms with E-state index >= 15 is 0 Å². The predicted molar refractivity (Wildman–Crippen MR) is 85.6 cm³/mol. The minimum absolute atomic E-state index is 0.495. The first-order chi connectivity index (χ1) is 9.06. The van der Waals surface area contributed by atoms with Gasteiger partial charge in [0.1, 0.15) is 0 Å². The number of anilines is 1. The molecule has 0 unspecified atom stereocenters. The van der Waals surface area contributed by atoms with Crippen molar-refractivity contribution in [2.24, 2.45) is 0 Å². The molecule has 3 nitrogen and oxygen atoms in total. The van der Waals surface area contributed by atoms with Crippen LogP contribution in [0.4, 0.5) is 5.95 Å². The summed E-state index contributed by atoms with van der Waals surface area (Å²) < 4.78 is 3.99. The fourth-order valence-corrected chi connectivity index (χ4v) is 2.85. The number of halogens is 2. The first kappa shape index (κ1) is 12.7. The molecule has 0 saturated carbocycles. The number of nitrogens with two attached hydrogens (primary N) is 1. The van der Waals surface area contributed by atoms with Crippen LogP contribution in [-0.4, -0.2) is 9.55 Å². The van der Waals surface area contributed by atoms with Gasteiger partial charge in [-0.25, -0.2) is 4.98 Å². The van der Waals surface area contributed by atoms with Gasteiger partial charge in [-0.05, 0) is 42.8 Å². The SMILES string of the molecule is Cc1ccc(Br)cc1-n1c(N)nc2cc(Br)ccc21. The third-order valence-corrected chi connectivity index (χ3v) is 4.04. The molecular formula is C14H11Br2N3. The zero-order valence-corrected chi connectivity index (χ0v) is 13.4. The van der Waals surface area contributed by atoms with Gasteiger partial charge < -0.3 is 5.73 Å². The molecule has 96 valence electrons. The molecule has 3 aromatic rings. The minimum Gasteiger partial charge on any atom is -0.369 e. The molecule has 0 amide bonds. The normalized spacial score (nSPS) is 11.1. The van der Waals surface area contributed by atoms with Crippen LogP contribution in [0.5, 0.6) is 0 Å². The van der Waals surface area contributed by atoms with Crippen molar-refractivity contribution in [1.29, 1.82) is 0 Å². The standard InChI is InChI=1S/C14H11Br2N3/c1-8-2-3-10(16)7-13(8)19-12-5-4-9(15)6-11(12)18-14(19)17/h2-7H,1H3,(H2,17,18). The molecule has 0 atom stereocenters. The number of hydrogen-bond donors (Lipinski definition) is 1. The van der Waals surface area contributed by atoms with Gasteiger partial charge in [0.2, 0.25) is 5.95 Å². The number of aromatic nitrogens is 2. The first-order valence-electron chi connectivity index (χ1n) is 5.76. The Morgan fingerprint density at radius 2 is 1.74 bits per heavy atom. The van der Waals surface area contributed by atoms with E-state index in [4.69, 9.17) is 5.73 Å². The number of fused-ring (bicyclic) bond motifs is 1. The molecule has 0 aliphatic heterocycles. The highest BCUT2D eigenvalue weighted by Crippen LogP contribution is 2.28. The molecule has 0 radical (unpaired) electrons. The molecule has 1 heterocycles. The van der Waals surface area contributed by atoms with Crippen LogP contribution in [-0.2, 0) is 0 Å². The zero-order valence-electron chi connectivity index (χ0n) is 10.2. The summed E-state index contributed by atoms with van der Waals surface area (Å²) in [7, 11) is 0. The summed E-state index contributed by atoms with van der Waals surface area (Å²) >= 11 is 6.95. The number of nitrogen functional groups attached to an aromatic ring is 1. The first-order valence-corrected chi connectivity index (χ1v) is 7.35. The number of rotatable bonds is 1. The van der Waals surface area contributed by atoms with E-state index in [1.54, 1.807) is 0 Å². The molecule has 0 spiro atoms. The molecule has 0 aliphatic carbocycles. The fourth-order valence-electron chi connectivity index (χ4n) is 2.15. The number of nitrogens with zero attached hydrogens (tertiary/aromatic N) is 2. The highest BCUT2D eigenvalue weighted by molar-refractivity contribution is 9.10. The third-order valence-electron chi connectivity index (χ3n) is 3.05. The molecular weight excluding hydrogens is 370 g/mol. The molecule has 2 aromatic carbocycles. The van der Waals surface area contributed by atoms with E-state index in [2.05, 4.69) is 55.9 Å². The van der Waals surface area contributed by atoms with Gasteiger partial charge in [0.25, 0.3) is 0 Å². The van der Waals surface area contributed by atoms with E-state index in [0.717, 1.165) is 31.2 Å². The lowest BCUT2D eigenvalue weighted by atomic mass is 10.2.